The summed E-state index contributed by atoms with van der Waals surface area (Å²) in [7, 11) is 0. The maximum Gasteiger partial charge on any atom is 3.00 e. The minimum atomic E-state index is -1.45. The van der Waals surface area contributed by atoms with Crippen LogP contribution in [0.1, 0.15) is 11.4 Å². The van der Waals surface area contributed by atoms with Crippen molar-refractivity contribution < 1.29 is 119 Å². The minimum Gasteiger partial charge on any atom is -0.549 e. The van der Waals surface area contributed by atoms with Gasteiger partial charge in [-0.1, -0.05) is 48.5 Å². The van der Waals surface area contributed by atoms with Crippen molar-refractivity contribution in [2.24, 2.45) is 0 Å². The van der Waals surface area contributed by atoms with Crippen molar-refractivity contribution in [2.75, 3.05) is 31.9 Å². The number of anilines is 1. The summed E-state index contributed by atoms with van der Waals surface area (Å²) in [5, 5.41) is 45.0. The van der Waals surface area contributed by atoms with Crippen LogP contribution in [0.25, 0.3) is 45.0 Å². The predicted octanol–water partition coefficient (Wildman–Crippen LogP) is -4.27. The first-order valence-corrected chi connectivity index (χ1v) is 15.6. The zero-order valence-corrected chi connectivity index (χ0v) is 32.9. The maximum atomic E-state index is 11.2. The first-order valence-electron chi connectivity index (χ1n) is 15.6. The van der Waals surface area contributed by atoms with Crippen molar-refractivity contribution >= 4 is 29.6 Å². The summed E-state index contributed by atoms with van der Waals surface area (Å²) in [6.45, 7) is -2.81. The van der Waals surface area contributed by atoms with E-state index in [1.165, 1.54) is 0 Å². The Balaban J connectivity index is 0.00000378. The Bertz CT molecular complexity index is 1940. The van der Waals surface area contributed by atoms with Crippen molar-refractivity contribution in [3.63, 3.8) is 0 Å². The molecule has 5 aromatic rings. The number of nitrogens with two attached hydrogens (primary N) is 1. The van der Waals surface area contributed by atoms with E-state index >= 15 is 0 Å². The van der Waals surface area contributed by atoms with E-state index in [1.807, 2.05) is 60.7 Å². The van der Waals surface area contributed by atoms with E-state index in [9.17, 15) is 39.6 Å². The van der Waals surface area contributed by atoms with Gasteiger partial charge in [-0.2, -0.15) is 0 Å². The van der Waals surface area contributed by atoms with Gasteiger partial charge in [-0.25, -0.2) is 15.0 Å². The summed E-state index contributed by atoms with van der Waals surface area (Å²) in [6.07, 6.45) is 0. The Morgan fingerprint density at radius 2 is 0.830 bits per heavy atom. The molecular weight excluding hydrogens is 831 g/mol. The van der Waals surface area contributed by atoms with Crippen LogP contribution in [0, 0.1) is 49.4 Å². The maximum absolute atomic E-state index is 11.2. The molecule has 2 aromatic carbocycles. The molecule has 0 saturated heterocycles. The summed E-state index contributed by atoms with van der Waals surface area (Å²) < 4.78 is 0. The standard InChI is InChI=1S/C37H34N6O8.Eu.Na/c38-27-13-11-24(12-14-27)23-7-9-25(10-8-23)26-15-32(30-5-1-3-28(39-30)17-42(19-34(44)45)20-35(46)47)41-33(16-26)31-6-2-4-29(40-31)18-43(21-36(48)49)22-37(50)51;;/h1-16H,17-22,38H2,(H,44,45)(H,46,47)(H,48,49)(H,50,51);;/q;+3;+1/p-4. The van der Waals surface area contributed by atoms with E-state index in [2.05, 4.69) is 9.97 Å². The van der Waals surface area contributed by atoms with Gasteiger partial charge >= 0.3 is 78.9 Å². The molecule has 3 aromatic heterocycles. The van der Waals surface area contributed by atoms with Crippen LogP contribution < -0.4 is 55.7 Å². The number of rotatable bonds is 16. The zero-order valence-electron chi connectivity index (χ0n) is 28.4. The van der Waals surface area contributed by atoms with Crippen LogP contribution in [0.5, 0.6) is 0 Å². The van der Waals surface area contributed by atoms with Crippen molar-refractivity contribution in [3.8, 4) is 45.0 Å². The topological polar surface area (TPSA) is 232 Å². The largest absolute Gasteiger partial charge is 3.00 e. The second-order valence-electron chi connectivity index (χ2n) is 11.6. The Hall–Kier alpha value is -3.93. The monoisotopic (exact) mass is 862 g/mol. The van der Waals surface area contributed by atoms with Crippen LogP contribution in [0.4, 0.5) is 5.69 Å². The number of aliphatic carboxylic acids is 4. The minimum absolute atomic E-state index is 0. The van der Waals surface area contributed by atoms with Gasteiger partial charge in [0, 0.05) is 45.0 Å². The molecule has 0 bridgehead atoms. The van der Waals surface area contributed by atoms with Gasteiger partial charge in [-0.3, -0.25) is 9.80 Å². The Morgan fingerprint density at radius 1 is 0.491 bits per heavy atom. The fraction of sp³-hybridized carbons (Fsp3) is 0.162. The van der Waals surface area contributed by atoms with Gasteiger partial charge in [0.2, 0.25) is 0 Å². The zero-order chi connectivity index (χ0) is 36.5. The van der Waals surface area contributed by atoms with E-state index < -0.39 is 50.1 Å². The summed E-state index contributed by atoms with van der Waals surface area (Å²) >= 11 is 0. The normalized spacial score (nSPS) is 10.7. The quantitative estimate of drug-likeness (QED) is 0.0732. The number of hydrogen-bond donors (Lipinski definition) is 1. The molecule has 0 atom stereocenters. The smallest absolute Gasteiger partial charge is 0.549 e. The van der Waals surface area contributed by atoms with E-state index in [4.69, 9.17) is 10.7 Å². The third-order valence-electron chi connectivity index (χ3n) is 7.61. The summed E-state index contributed by atoms with van der Waals surface area (Å²) in [6, 6.07) is 29.0. The molecule has 0 radical (unpaired) electrons. The van der Waals surface area contributed by atoms with E-state index in [0.717, 1.165) is 32.1 Å². The third kappa shape index (κ3) is 13.2. The van der Waals surface area contributed by atoms with Crippen LogP contribution >= 0.6 is 0 Å². The number of carboxylic acids is 4. The van der Waals surface area contributed by atoms with Crippen LogP contribution in [0.2, 0.25) is 0 Å². The molecule has 16 heteroatoms. The van der Waals surface area contributed by atoms with Gasteiger partial charge in [0.05, 0.1) is 58.0 Å². The van der Waals surface area contributed by atoms with E-state index in [0.29, 0.717) is 39.9 Å². The molecule has 0 aliphatic rings. The van der Waals surface area contributed by atoms with Crippen molar-refractivity contribution in [3.05, 3.63) is 108 Å². The van der Waals surface area contributed by atoms with Crippen molar-refractivity contribution in [1.29, 1.82) is 0 Å². The number of aromatic nitrogens is 3. The Kier molecular flexibility index (Phi) is 16.8. The molecule has 0 unspecified atom stereocenters. The second kappa shape index (κ2) is 20.5. The van der Waals surface area contributed by atoms with Gasteiger partial charge in [-0.15, -0.1) is 0 Å². The number of pyridine rings is 3. The van der Waals surface area contributed by atoms with Crippen LogP contribution in [-0.2, 0) is 32.3 Å². The van der Waals surface area contributed by atoms with Gasteiger partial charge in [0.15, 0.2) is 0 Å². The van der Waals surface area contributed by atoms with Gasteiger partial charge in [0.1, 0.15) is 0 Å². The fourth-order valence-corrected chi connectivity index (χ4v) is 5.43. The molecule has 0 aliphatic carbocycles. The molecule has 2 N–H and O–H groups in total. The number of carbonyl (C=O) groups is 4. The predicted molar refractivity (Wildman–Crippen MR) is 177 cm³/mol. The average molecular weight is 862 g/mol. The Labute approximate surface area is 367 Å². The summed E-state index contributed by atoms with van der Waals surface area (Å²) in [4.78, 5) is 61.3. The van der Waals surface area contributed by atoms with Crippen LogP contribution in [0.15, 0.2) is 97.1 Å². The van der Waals surface area contributed by atoms with Crippen LogP contribution in [0.3, 0.4) is 0 Å². The molecule has 53 heavy (non-hydrogen) atoms. The molecule has 0 saturated carbocycles. The van der Waals surface area contributed by atoms with Crippen molar-refractivity contribution in [1.82, 2.24) is 24.8 Å². The number of carboxylic acid groups (broad SMARTS) is 4. The number of hydrogen-bond acceptors (Lipinski definition) is 14. The fourth-order valence-electron chi connectivity index (χ4n) is 5.43. The number of benzene rings is 2. The average Bonchev–Trinajstić information content (AvgIpc) is 3.07. The van der Waals surface area contributed by atoms with Crippen molar-refractivity contribution in [2.45, 2.75) is 13.1 Å². The number of carbonyl (C=O) groups excluding carboxylic acids is 4. The molecule has 5 rings (SSSR count). The molecule has 0 aliphatic heterocycles. The number of nitrogen functional groups attached to an aromatic ring is 1. The molecule has 0 amide bonds. The summed E-state index contributed by atoms with van der Waals surface area (Å²) in [5.74, 6) is -5.81. The first kappa shape index (κ1) is 43.5. The molecular formula is C37H30EuN6NaO8. The SMILES string of the molecule is Nc1ccc(-c2ccc(-c3cc(-c4cccc(CN(CC(=O)[O-])CC(=O)[O-])n4)nc(-c4cccc(CN(CC(=O)[O-])CC(=O)[O-])n4)c3)cc2)cc1.[Eu+3].[Na+]. The van der Waals surface area contributed by atoms with Gasteiger partial charge < -0.3 is 45.3 Å². The first-order chi connectivity index (χ1) is 24.4. The molecule has 264 valence electrons. The molecule has 0 spiro atoms. The summed E-state index contributed by atoms with van der Waals surface area (Å²) in [5.41, 5.74) is 12.4. The van der Waals surface area contributed by atoms with E-state index in [1.54, 1.807) is 36.4 Å². The van der Waals surface area contributed by atoms with Crippen LogP contribution in [-0.4, -0.2) is 74.8 Å². The van der Waals surface area contributed by atoms with E-state index in [-0.39, 0.29) is 92.0 Å². The van der Waals surface area contributed by atoms with Gasteiger partial charge in [-0.05, 0) is 70.8 Å². The molecule has 0 fully saturated rings. The second-order valence-corrected chi connectivity index (χ2v) is 11.6. The Morgan fingerprint density at radius 3 is 1.19 bits per heavy atom. The van der Waals surface area contributed by atoms with Gasteiger partial charge in [0.25, 0.3) is 0 Å². The molecule has 3 heterocycles. The molecule has 14 nitrogen and oxygen atoms in total. The number of nitrogens with zero attached hydrogens (tertiary/aromatic N) is 5. The third-order valence-corrected chi connectivity index (χ3v) is 7.61.